The van der Waals surface area contributed by atoms with E-state index in [1.807, 2.05) is 26.8 Å². The third-order valence-corrected chi connectivity index (χ3v) is 4.23. The summed E-state index contributed by atoms with van der Waals surface area (Å²) in [6, 6.07) is 6.63. The molecular formula is C18H26N5O3+. The summed E-state index contributed by atoms with van der Waals surface area (Å²) in [7, 11) is 0. The number of aromatic amines is 1. The van der Waals surface area contributed by atoms with E-state index in [1.54, 1.807) is 18.2 Å². The molecule has 1 unspecified atom stereocenters. The monoisotopic (exact) mass is 360 g/mol. The first-order chi connectivity index (χ1) is 12.4. The Morgan fingerprint density at radius 2 is 2.00 bits per heavy atom. The van der Waals surface area contributed by atoms with Crippen molar-refractivity contribution >= 4 is 22.8 Å². The lowest BCUT2D eigenvalue weighted by Crippen LogP contribution is -3.11. The topological polar surface area (TPSA) is 108 Å². The number of imide groups is 1. The van der Waals surface area contributed by atoms with Crippen molar-refractivity contribution in [2.24, 2.45) is 0 Å². The molecule has 0 saturated carbocycles. The van der Waals surface area contributed by atoms with Crippen molar-refractivity contribution in [3.05, 3.63) is 40.4 Å². The summed E-state index contributed by atoms with van der Waals surface area (Å²) >= 11 is 0. The number of fused-ring (bicyclic) bond motifs is 1. The molecule has 8 heteroatoms. The van der Waals surface area contributed by atoms with Gasteiger partial charge in [-0.15, -0.1) is 0 Å². The molecule has 8 nitrogen and oxygen atoms in total. The van der Waals surface area contributed by atoms with Crippen molar-refractivity contribution < 1.29 is 14.5 Å². The molecule has 0 saturated heterocycles. The van der Waals surface area contributed by atoms with E-state index in [2.05, 4.69) is 20.6 Å². The van der Waals surface area contributed by atoms with Crippen LogP contribution in [0.25, 0.3) is 10.9 Å². The first-order valence-corrected chi connectivity index (χ1v) is 8.84. The van der Waals surface area contributed by atoms with Gasteiger partial charge in [-0.3, -0.25) is 14.9 Å². The number of hydrogen-bond acceptors (Lipinski definition) is 4. The Morgan fingerprint density at radius 3 is 2.69 bits per heavy atom. The first kappa shape index (κ1) is 19.6. The van der Waals surface area contributed by atoms with Crippen LogP contribution in [0.5, 0.6) is 0 Å². The van der Waals surface area contributed by atoms with Crippen LogP contribution in [-0.2, 0) is 11.3 Å². The number of urea groups is 1. The van der Waals surface area contributed by atoms with E-state index in [1.165, 1.54) is 0 Å². The third kappa shape index (κ3) is 5.38. The number of likely N-dealkylation sites (N-methyl/N-ethyl adjacent to an activating group) is 1. The Kier molecular flexibility index (Phi) is 6.85. The number of nitrogens with zero attached hydrogens (tertiary/aromatic N) is 1. The van der Waals surface area contributed by atoms with Crippen molar-refractivity contribution in [3.8, 4) is 0 Å². The van der Waals surface area contributed by atoms with Gasteiger partial charge in [-0.25, -0.2) is 9.78 Å². The summed E-state index contributed by atoms with van der Waals surface area (Å²) in [6.45, 7) is 6.90. The standard InChI is InChI=1S/C18H25N5O3/c1-4-12(3)19-18(26)22-16(24)11-23(5-2)10-15-20-14-9-7-6-8-13(14)17(25)21-15/h6-9,12H,4-5,10-11H2,1-3H3,(H,20,21,25)(H2,19,22,24,26)/p+1/t12-/m0/s1. The van der Waals surface area contributed by atoms with Gasteiger partial charge in [-0.2, -0.15) is 0 Å². The van der Waals surface area contributed by atoms with Crippen molar-refractivity contribution in [3.63, 3.8) is 0 Å². The second-order valence-electron chi connectivity index (χ2n) is 6.32. The van der Waals surface area contributed by atoms with Crippen LogP contribution in [0.1, 0.15) is 33.0 Å². The van der Waals surface area contributed by atoms with Gasteiger partial charge in [-0.05, 0) is 32.4 Å². The maximum atomic E-state index is 12.1. The van der Waals surface area contributed by atoms with E-state index in [4.69, 9.17) is 0 Å². The Balaban J connectivity index is 2.00. The molecule has 0 aliphatic heterocycles. The molecule has 1 heterocycles. The minimum absolute atomic E-state index is 0.00398. The van der Waals surface area contributed by atoms with Crippen LogP contribution < -0.4 is 21.1 Å². The van der Waals surface area contributed by atoms with Crippen LogP contribution in [0.2, 0.25) is 0 Å². The van der Waals surface area contributed by atoms with Gasteiger partial charge in [0, 0.05) is 6.04 Å². The fourth-order valence-corrected chi connectivity index (χ4v) is 2.53. The van der Waals surface area contributed by atoms with Crippen LogP contribution in [0, 0.1) is 0 Å². The third-order valence-electron chi connectivity index (χ3n) is 4.23. The predicted octanol–water partition coefficient (Wildman–Crippen LogP) is -0.0478. The first-order valence-electron chi connectivity index (χ1n) is 8.84. The largest absolute Gasteiger partial charge is 0.335 e. The highest BCUT2D eigenvalue weighted by Crippen LogP contribution is 2.04. The zero-order valence-electron chi connectivity index (χ0n) is 15.4. The molecule has 0 aliphatic carbocycles. The van der Waals surface area contributed by atoms with E-state index in [-0.39, 0.29) is 24.1 Å². The number of nitrogens with one attached hydrogen (secondary N) is 4. The minimum atomic E-state index is -0.489. The van der Waals surface area contributed by atoms with Crippen LogP contribution in [0.3, 0.4) is 0 Å². The number of quaternary nitrogens is 1. The molecule has 0 spiro atoms. The molecule has 0 fully saturated rings. The van der Waals surface area contributed by atoms with Gasteiger partial charge >= 0.3 is 6.03 Å². The molecule has 2 aromatic rings. The van der Waals surface area contributed by atoms with E-state index in [9.17, 15) is 14.4 Å². The van der Waals surface area contributed by atoms with Gasteiger partial charge in [0.05, 0.1) is 17.4 Å². The number of benzene rings is 1. The summed E-state index contributed by atoms with van der Waals surface area (Å²) in [5.74, 6) is 0.146. The Hall–Kier alpha value is -2.74. The highest BCUT2D eigenvalue weighted by Gasteiger charge is 2.17. The number of para-hydroxylation sites is 1. The van der Waals surface area contributed by atoms with Gasteiger partial charge in [0.15, 0.2) is 12.4 Å². The summed E-state index contributed by atoms with van der Waals surface area (Å²) in [6.07, 6.45) is 0.787. The van der Waals surface area contributed by atoms with Crippen LogP contribution in [0.4, 0.5) is 4.79 Å². The number of aromatic nitrogens is 2. The fourth-order valence-electron chi connectivity index (χ4n) is 2.53. The van der Waals surface area contributed by atoms with Crippen molar-refractivity contribution in [1.82, 2.24) is 20.6 Å². The summed E-state index contributed by atoms with van der Waals surface area (Å²) in [4.78, 5) is 44.0. The molecule has 26 heavy (non-hydrogen) atoms. The fraction of sp³-hybridized carbons (Fsp3) is 0.444. The number of H-pyrrole nitrogens is 1. The maximum absolute atomic E-state index is 12.1. The van der Waals surface area contributed by atoms with E-state index < -0.39 is 6.03 Å². The molecule has 1 aromatic heterocycles. The van der Waals surface area contributed by atoms with Gasteiger partial charge in [0.2, 0.25) is 0 Å². The van der Waals surface area contributed by atoms with E-state index >= 15 is 0 Å². The molecule has 4 N–H and O–H groups in total. The van der Waals surface area contributed by atoms with E-state index in [0.29, 0.717) is 29.8 Å². The minimum Gasteiger partial charge on any atom is -0.335 e. The molecule has 3 amide bonds. The average molecular weight is 360 g/mol. The van der Waals surface area contributed by atoms with Crippen LogP contribution in [0.15, 0.2) is 29.1 Å². The summed E-state index contributed by atoms with van der Waals surface area (Å²) in [5.41, 5.74) is 0.428. The maximum Gasteiger partial charge on any atom is 0.321 e. The Morgan fingerprint density at radius 1 is 1.27 bits per heavy atom. The number of carbonyl (C=O) groups excluding carboxylic acids is 2. The normalized spacial score (nSPS) is 13.2. The second-order valence-corrected chi connectivity index (χ2v) is 6.32. The lowest BCUT2D eigenvalue weighted by molar-refractivity contribution is -0.904. The van der Waals surface area contributed by atoms with Crippen LogP contribution >= 0.6 is 0 Å². The Labute approximate surface area is 152 Å². The zero-order chi connectivity index (χ0) is 19.1. The quantitative estimate of drug-likeness (QED) is 0.555. The smallest absolute Gasteiger partial charge is 0.321 e. The molecule has 2 atom stereocenters. The zero-order valence-corrected chi connectivity index (χ0v) is 15.4. The second kappa shape index (κ2) is 9.10. The van der Waals surface area contributed by atoms with Crippen molar-refractivity contribution in [1.29, 1.82) is 0 Å². The average Bonchev–Trinajstić information content (AvgIpc) is 2.60. The molecular weight excluding hydrogens is 334 g/mol. The molecule has 0 aliphatic rings. The molecule has 0 bridgehead atoms. The predicted molar refractivity (Wildman–Crippen MR) is 98.9 cm³/mol. The highest BCUT2D eigenvalue weighted by molar-refractivity contribution is 5.94. The van der Waals surface area contributed by atoms with Crippen molar-refractivity contribution in [2.75, 3.05) is 13.1 Å². The van der Waals surface area contributed by atoms with Crippen LogP contribution in [-0.4, -0.2) is 41.0 Å². The van der Waals surface area contributed by atoms with E-state index in [0.717, 1.165) is 11.3 Å². The molecule has 2 rings (SSSR count). The number of hydrogen-bond donors (Lipinski definition) is 4. The molecule has 1 aromatic carbocycles. The molecule has 140 valence electrons. The Bertz CT molecular complexity index is 833. The van der Waals surface area contributed by atoms with Gasteiger partial charge < -0.3 is 15.2 Å². The van der Waals surface area contributed by atoms with Gasteiger partial charge in [0.25, 0.3) is 11.5 Å². The SMILES string of the molecule is CC[C@H](C)NC(=O)NC(=O)C[NH+](CC)Cc1nc2ccccc2c(=O)[nH]1. The van der Waals surface area contributed by atoms with Gasteiger partial charge in [-0.1, -0.05) is 19.1 Å². The molecule has 0 radical (unpaired) electrons. The van der Waals surface area contributed by atoms with Crippen molar-refractivity contribution in [2.45, 2.75) is 39.8 Å². The number of carbonyl (C=O) groups is 2. The lowest BCUT2D eigenvalue weighted by Gasteiger charge is -2.17. The van der Waals surface area contributed by atoms with Gasteiger partial charge in [0.1, 0.15) is 6.54 Å². The summed E-state index contributed by atoms with van der Waals surface area (Å²) < 4.78 is 0. The highest BCUT2D eigenvalue weighted by atomic mass is 16.2. The lowest BCUT2D eigenvalue weighted by atomic mass is 10.2. The summed E-state index contributed by atoms with van der Waals surface area (Å²) in [5, 5.41) is 5.56. The number of rotatable bonds is 7. The number of amides is 3.